The third kappa shape index (κ3) is 15.0. The van der Waals surface area contributed by atoms with Crippen molar-refractivity contribution >= 4 is 35.0 Å². The topological polar surface area (TPSA) is 158 Å². The van der Waals surface area contributed by atoms with E-state index in [2.05, 4.69) is 112 Å². The van der Waals surface area contributed by atoms with Crippen LogP contribution in [0.15, 0.2) is 102 Å². The Bertz CT molecular complexity index is 2860. The highest BCUT2D eigenvalue weighted by atomic mass is 79.9. The minimum atomic E-state index is -1.17. The van der Waals surface area contributed by atoms with Crippen LogP contribution < -0.4 is 9.47 Å². The van der Waals surface area contributed by atoms with Crippen LogP contribution >= 0.6 is 15.9 Å². The van der Waals surface area contributed by atoms with Crippen molar-refractivity contribution in [3.63, 3.8) is 0 Å². The van der Waals surface area contributed by atoms with Crippen LogP contribution in [0, 0.1) is 6.92 Å². The van der Waals surface area contributed by atoms with Gasteiger partial charge < -0.3 is 38.5 Å². The molecule has 3 N–H and O–H groups in total. The van der Waals surface area contributed by atoms with Crippen molar-refractivity contribution < 1.29 is 39.0 Å². The Hall–Kier alpha value is -5.70. The van der Waals surface area contributed by atoms with Crippen LogP contribution in [0.3, 0.4) is 0 Å². The third-order valence-corrected chi connectivity index (χ3v) is 15.8. The molecule has 2 aromatic heterocycles. The second-order valence-corrected chi connectivity index (χ2v) is 23.6. The van der Waals surface area contributed by atoms with Crippen molar-refractivity contribution in [2.75, 3.05) is 6.61 Å². The summed E-state index contributed by atoms with van der Waals surface area (Å²) in [6, 6.07) is 25.0. The molecule has 0 bridgehead atoms. The Morgan fingerprint density at radius 1 is 0.653 bits per heavy atom. The third-order valence-electron chi connectivity index (χ3n) is 15.1. The molecule has 0 spiro atoms. The van der Waals surface area contributed by atoms with Gasteiger partial charge in [-0.05, 0) is 143 Å². The van der Waals surface area contributed by atoms with Crippen molar-refractivity contribution in [3.05, 3.63) is 164 Å². The number of carbonyl (C=O) groups is 2. The first-order valence-corrected chi connectivity index (χ1v) is 26.6. The molecule has 0 saturated carbocycles. The number of halogens is 1. The number of aliphatic carboxylic acids is 1. The Balaban J connectivity index is 0.000000256. The molecule has 75 heavy (non-hydrogen) atoms. The first kappa shape index (κ1) is 60.2. The summed E-state index contributed by atoms with van der Waals surface area (Å²) in [7, 11) is 2.66. The van der Waals surface area contributed by atoms with Gasteiger partial charge in [-0.15, -0.1) is 0 Å². The van der Waals surface area contributed by atoms with Crippen LogP contribution in [0.1, 0.15) is 182 Å². The molecule has 4 aromatic carbocycles. The Morgan fingerprint density at radius 3 is 1.41 bits per heavy atom. The molecular formula is C61H82BBrN4O8. The zero-order valence-corrected chi connectivity index (χ0v) is 47.5. The smallest absolute Gasteiger partial charge is 0.448 e. The van der Waals surface area contributed by atoms with Gasteiger partial charge in [0, 0.05) is 48.9 Å². The molecule has 6 aromatic rings. The van der Waals surface area contributed by atoms with Crippen LogP contribution in [-0.4, -0.2) is 59.9 Å². The van der Waals surface area contributed by atoms with Crippen LogP contribution in [0.25, 0.3) is 0 Å². The second kappa shape index (κ2) is 25.0. The summed E-state index contributed by atoms with van der Waals surface area (Å²) in [5, 5.41) is 24.6. The summed E-state index contributed by atoms with van der Waals surface area (Å²) >= 11 is 3.80. The van der Waals surface area contributed by atoms with Gasteiger partial charge in [-0.1, -0.05) is 121 Å². The van der Waals surface area contributed by atoms with E-state index in [1.807, 2.05) is 91.1 Å². The van der Waals surface area contributed by atoms with Crippen molar-refractivity contribution in [1.29, 1.82) is 0 Å². The number of fused-ring (bicyclic) bond motifs is 2. The van der Waals surface area contributed by atoms with E-state index in [0.29, 0.717) is 19.8 Å². The largest absolute Gasteiger partial charge is 0.489 e. The fourth-order valence-electron chi connectivity index (χ4n) is 10.3. The summed E-state index contributed by atoms with van der Waals surface area (Å²) in [4.78, 5) is 32.6. The van der Waals surface area contributed by atoms with Crippen LogP contribution in [-0.2, 0) is 63.3 Å². The molecule has 0 saturated heterocycles. The zero-order valence-electron chi connectivity index (χ0n) is 45.9. The number of hydrogen-bond donors (Lipinski definition) is 3. The lowest BCUT2D eigenvalue weighted by Crippen LogP contribution is -2.34. The fraction of sp³-hybridized carbons (Fsp3) is 0.475. The summed E-state index contributed by atoms with van der Waals surface area (Å²) < 4.78 is 22.5. The van der Waals surface area contributed by atoms with Crippen LogP contribution in [0.4, 0.5) is 0 Å². The van der Waals surface area contributed by atoms with Crippen LogP contribution in [0.2, 0.25) is 6.82 Å². The maximum absolute atomic E-state index is 12.3. The average molecular weight is 1090 g/mol. The van der Waals surface area contributed by atoms with Gasteiger partial charge in [0.05, 0.1) is 31.3 Å². The highest BCUT2D eigenvalue weighted by Gasteiger charge is 2.39. The number of esters is 1. The molecule has 404 valence electrons. The lowest BCUT2D eigenvalue weighted by molar-refractivity contribution is -0.143. The van der Waals surface area contributed by atoms with Crippen molar-refractivity contribution in [2.45, 2.75) is 169 Å². The monoisotopic (exact) mass is 1090 g/mol. The lowest BCUT2D eigenvalue weighted by atomic mass is 9.62. The fourth-order valence-corrected chi connectivity index (χ4v) is 10.7. The molecule has 2 aliphatic carbocycles. The quantitative estimate of drug-likeness (QED) is 0.0668. The number of ether oxygens (including phenoxy) is 3. The Labute approximate surface area is 455 Å². The number of carboxylic acids is 1. The average Bonchev–Trinajstić information content (AvgIpc) is 3.97. The van der Waals surface area contributed by atoms with Gasteiger partial charge >= 0.3 is 19.1 Å². The molecule has 0 amide bonds. The van der Waals surface area contributed by atoms with Gasteiger partial charge in [-0.2, -0.15) is 0 Å². The summed E-state index contributed by atoms with van der Waals surface area (Å²) in [6.07, 6.45) is 12.2. The normalized spacial score (nSPS) is 16.2. The maximum atomic E-state index is 12.3. The Morgan fingerprint density at radius 2 is 1.03 bits per heavy atom. The van der Waals surface area contributed by atoms with E-state index < -0.39 is 13.1 Å². The highest BCUT2D eigenvalue weighted by molar-refractivity contribution is 9.10. The number of imidazole rings is 2. The number of aryl methyl sites for hydroxylation is 3. The molecule has 2 atom stereocenters. The van der Waals surface area contributed by atoms with Crippen molar-refractivity contribution in [3.8, 4) is 11.5 Å². The summed E-state index contributed by atoms with van der Waals surface area (Å²) in [6.45, 7) is 25.4. The molecule has 8 rings (SSSR count). The first-order chi connectivity index (χ1) is 34.7. The molecule has 2 heterocycles. The summed E-state index contributed by atoms with van der Waals surface area (Å²) in [5.74, 6) is 1.58. The molecule has 0 unspecified atom stereocenters. The second-order valence-electron chi connectivity index (χ2n) is 22.7. The zero-order chi connectivity index (χ0) is 54.3. The van der Waals surface area contributed by atoms with Gasteiger partial charge in [-0.25, -0.2) is 9.97 Å². The highest BCUT2D eigenvalue weighted by Crippen LogP contribution is 2.48. The lowest BCUT2D eigenvalue weighted by Gasteiger charge is -2.42. The number of nitrogens with zero attached hydrogens (tertiary/aromatic N) is 4. The number of benzene rings is 4. The Kier molecular flexibility index (Phi) is 20.0. The molecule has 0 aliphatic heterocycles. The predicted molar refractivity (Wildman–Crippen MR) is 304 cm³/mol. The van der Waals surface area contributed by atoms with E-state index in [1.54, 1.807) is 12.4 Å². The minimum absolute atomic E-state index is 0. The number of carbonyl (C=O) groups excluding carboxylic acids is 1. The number of hydrogen-bond acceptors (Lipinski definition) is 9. The predicted octanol–water partition coefficient (Wildman–Crippen LogP) is 13.2. The first-order valence-electron chi connectivity index (χ1n) is 25.8. The number of rotatable bonds is 15. The van der Waals surface area contributed by atoms with Crippen molar-refractivity contribution in [2.24, 2.45) is 14.1 Å². The molecule has 14 heteroatoms. The summed E-state index contributed by atoms with van der Waals surface area (Å²) in [5.41, 5.74) is 12.0. The van der Waals surface area contributed by atoms with Crippen LogP contribution in [0.5, 0.6) is 11.5 Å². The SMILES string of the molecule is C.CB(O)O.CCOC(=O)C[C@@H](c1ccc(OCc2cc3c(cc2Br)C(C)(C)CCC3(C)C)cc1)c1nccn1C.Cc1cc2c(cc1COc1ccc([C@H](CC(=O)O)c3nccn3C)cc1)C(C)(C)CCC2(C)C. The van der Waals surface area contributed by atoms with E-state index in [1.165, 1.54) is 65.9 Å². The van der Waals surface area contributed by atoms with Gasteiger partial charge in [0.1, 0.15) is 36.4 Å². The minimum Gasteiger partial charge on any atom is -0.489 e. The van der Waals surface area contributed by atoms with E-state index in [-0.39, 0.29) is 59.7 Å². The van der Waals surface area contributed by atoms with Gasteiger partial charge in [-0.3, -0.25) is 9.59 Å². The number of carboxylic acid groups (broad SMARTS) is 1. The van der Waals surface area contributed by atoms with E-state index in [9.17, 15) is 14.7 Å². The van der Waals surface area contributed by atoms with E-state index in [0.717, 1.165) is 44.3 Å². The van der Waals surface area contributed by atoms with Gasteiger partial charge in [0.25, 0.3) is 0 Å². The van der Waals surface area contributed by atoms with Gasteiger partial charge in [0.15, 0.2) is 0 Å². The standard InChI is InChI=1S/C30H37BrN2O3.C29H36N2O3.CH5BO2.CH4/c1-7-35-27(34)17-23(28-32-14-15-33(28)6)20-8-10-22(11-9-20)36-19-21-16-24-25(18-26(21)31)30(4,5)13-12-29(24,2)3;1-19-15-24-25(29(4,5)12-11-28(24,2)3)16-21(19)18-34-22-9-7-20(8-10-22)23(17-26(32)33)27-30-13-14-31(27)6;1-2(3)4;/h8-11,14-16,18,23H,7,12-13,17,19H2,1-6H3;7-10,13-16,23H,11-12,17-18H2,1-6H3,(H,32,33);3-4H,1H3;1H4/t2*23-;;/m00../s1. The van der Waals surface area contributed by atoms with E-state index in [4.69, 9.17) is 24.3 Å². The molecular weight excluding hydrogens is 1010 g/mol. The van der Waals surface area contributed by atoms with Crippen molar-refractivity contribution in [1.82, 2.24) is 19.1 Å². The molecule has 2 aliphatic rings. The maximum Gasteiger partial charge on any atom is 0.448 e. The van der Waals surface area contributed by atoms with Gasteiger partial charge in [0.2, 0.25) is 0 Å². The molecule has 0 radical (unpaired) electrons. The molecule has 0 fully saturated rings. The molecule has 12 nitrogen and oxygen atoms in total. The van der Waals surface area contributed by atoms with E-state index >= 15 is 0 Å². The number of aromatic nitrogens is 4.